The number of hydrogen-bond donors (Lipinski definition) is 3. The number of rotatable bonds is 5. The molecule has 5 nitrogen and oxygen atoms in total. The van der Waals surface area contributed by atoms with E-state index in [2.05, 4.69) is 11.2 Å². The molecule has 0 aliphatic carbocycles. The largest absolute Gasteiger partial charge is 0.508 e. The molecule has 0 saturated heterocycles. The average Bonchev–Trinajstić information content (AvgIpc) is 2.56. The summed E-state index contributed by atoms with van der Waals surface area (Å²) >= 11 is 0. The Morgan fingerprint density at radius 1 is 1.09 bits per heavy atom. The minimum Gasteiger partial charge on any atom is -0.508 e. The lowest BCUT2D eigenvalue weighted by Gasteiger charge is -2.15. The van der Waals surface area contributed by atoms with Crippen molar-refractivity contribution in [1.82, 2.24) is 5.32 Å². The molecule has 0 fully saturated rings. The normalized spacial score (nSPS) is 11.3. The topological polar surface area (TPSA) is 86.6 Å². The van der Waals surface area contributed by atoms with Crippen molar-refractivity contribution in [2.24, 2.45) is 0 Å². The second kappa shape index (κ2) is 7.14. The molecule has 5 heteroatoms. The van der Waals surface area contributed by atoms with Crippen LogP contribution in [0.5, 0.6) is 5.75 Å². The van der Waals surface area contributed by atoms with Crippen molar-refractivity contribution in [3.63, 3.8) is 0 Å². The second-order valence-electron chi connectivity index (χ2n) is 4.96. The van der Waals surface area contributed by atoms with Gasteiger partial charge in [-0.25, -0.2) is 4.79 Å². The maximum atomic E-state index is 12.1. The maximum absolute atomic E-state index is 12.1. The Labute approximate surface area is 133 Å². The quantitative estimate of drug-likeness (QED) is 0.735. The molecule has 0 aliphatic rings. The van der Waals surface area contributed by atoms with E-state index in [-0.39, 0.29) is 12.2 Å². The monoisotopic (exact) mass is 309 g/mol. The van der Waals surface area contributed by atoms with Gasteiger partial charge in [0.05, 0.1) is 0 Å². The Hall–Kier alpha value is -3.26. The van der Waals surface area contributed by atoms with Gasteiger partial charge in [0.2, 0.25) is 0 Å². The van der Waals surface area contributed by atoms with Crippen molar-refractivity contribution < 1.29 is 19.8 Å². The van der Waals surface area contributed by atoms with Crippen LogP contribution in [-0.4, -0.2) is 28.1 Å². The zero-order valence-corrected chi connectivity index (χ0v) is 12.2. The van der Waals surface area contributed by atoms with Gasteiger partial charge in [0.1, 0.15) is 11.8 Å². The molecule has 1 atom stereocenters. The summed E-state index contributed by atoms with van der Waals surface area (Å²) in [5.74, 6) is 0.920. The highest BCUT2D eigenvalue weighted by atomic mass is 16.4. The number of carboxylic acid groups (broad SMARTS) is 1. The number of phenols is 1. The first-order chi connectivity index (χ1) is 11.0. The van der Waals surface area contributed by atoms with Gasteiger partial charge in [-0.15, -0.1) is 6.42 Å². The molecular weight excluding hydrogens is 294 g/mol. The number of carbonyl (C=O) groups is 2. The molecule has 116 valence electrons. The van der Waals surface area contributed by atoms with E-state index in [1.54, 1.807) is 36.4 Å². The number of benzene rings is 2. The lowest BCUT2D eigenvalue weighted by Crippen LogP contribution is -2.42. The van der Waals surface area contributed by atoms with Gasteiger partial charge in [-0.1, -0.05) is 18.1 Å². The molecule has 0 bridgehead atoms. The molecule has 0 saturated carbocycles. The molecule has 1 amide bonds. The van der Waals surface area contributed by atoms with E-state index in [1.807, 2.05) is 0 Å². The smallest absolute Gasteiger partial charge is 0.326 e. The van der Waals surface area contributed by atoms with Crippen molar-refractivity contribution in [2.45, 2.75) is 12.5 Å². The molecule has 0 unspecified atom stereocenters. The van der Waals surface area contributed by atoms with Crippen molar-refractivity contribution >= 4 is 11.9 Å². The summed E-state index contributed by atoms with van der Waals surface area (Å²) in [4.78, 5) is 23.5. The van der Waals surface area contributed by atoms with Crippen LogP contribution in [0.2, 0.25) is 0 Å². The summed E-state index contributed by atoms with van der Waals surface area (Å²) < 4.78 is 0. The molecule has 2 rings (SSSR count). The Bertz CT molecular complexity index is 742. The van der Waals surface area contributed by atoms with Crippen LogP contribution in [0.15, 0.2) is 48.5 Å². The van der Waals surface area contributed by atoms with E-state index in [4.69, 9.17) is 6.42 Å². The number of hydrogen-bond acceptors (Lipinski definition) is 3. The third-order valence-electron chi connectivity index (χ3n) is 3.29. The van der Waals surface area contributed by atoms with Gasteiger partial charge in [0.25, 0.3) is 5.91 Å². The number of nitrogens with one attached hydrogen (secondary N) is 1. The predicted octanol–water partition coefficient (Wildman–Crippen LogP) is 1.80. The third kappa shape index (κ3) is 4.35. The summed E-state index contributed by atoms with van der Waals surface area (Å²) in [5.41, 5.74) is 1.67. The van der Waals surface area contributed by atoms with Gasteiger partial charge in [-0.3, -0.25) is 4.79 Å². The first-order valence-corrected chi connectivity index (χ1v) is 6.88. The molecule has 0 spiro atoms. The van der Waals surface area contributed by atoms with E-state index >= 15 is 0 Å². The van der Waals surface area contributed by atoms with E-state index in [9.17, 15) is 19.8 Å². The molecule has 0 aliphatic heterocycles. The minimum atomic E-state index is -1.13. The molecule has 2 aromatic carbocycles. The van der Waals surface area contributed by atoms with Gasteiger partial charge in [0.15, 0.2) is 0 Å². The minimum absolute atomic E-state index is 0.0956. The Morgan fingerprint density at radius 2 is 1.70 bits per heavy atom. The van der Waals surface area contributed by atoms with Crippen LogP contribution in [0, 0.1) is 12.3 Å². The fraction of sp³-hybridized carbons (Fsp3) is 0.111. The van der Waals surface area contributed by atoms with Crippen LogP contribution < -0.4 is 5.32 Å². The first kappa shape index (κ1) is 16.1. The summed E-state index contributed by atoms with van der Waals surface area (Å²) in [7, 11) is 0. The molecule has 0 aromatic heterocycles. The molecular formula is C18H15NO4. The Kier molecular flexibility index (Phi) is 5.00. The fourth-order valence-corrected chi connectivity index (χ4v) is 2.03. The molecule has 2 aromatic rings. The number of aliphatic carboxylic acids is 1. The van der Waals surface area contributed by atoms with Gasteiger partial charge in [-0.05, 0) is 42.0 Å². The van der Waals surface area contributed by atoms with E-state index < -0.39 is 17.9 Å². The lowest BCUT2D eigenvalue weighted by molar-refractivity contribution is -0.139. The van der Waals surface area contributed by atoms with Crippen LogP contribution in [0.25, 0.3) is 0 Å². The van der Waals surface area contributed by atoms with E-state index in [1.165, 1.54) is 12.1 Å². The zero-order valence-electron chi connectivity index (χ0n) is 12.2. The number of carbonyl (C=O) groups excluding carboxylic acids is 1. The van der Waals surface area contributed by atoms with E-state index in [0.29, 0.717) is 16.7 Å². The molecule has 23 heavy (non-hydrogen) atoms. The number of aromatic hydroxyl groups is 1. The summed E-state index contributed by atoms with van der Waals surface area (Å²) in [5, 5.41) is 21.0. The van der Waals surface area contributed by atoms with Gasteiger partial charge < -0.3 is 15.5 Å². The Balaban J connectivity index is 2.09. The number of carboxylic acids is 1. The van der Waals surface area contributed by atoms with Crippen LogP contribution >= 0.6 is 0 Å². The number of amides is 1. The summed E-state index contributed by atoms with van der Waals surface area (Å²) in [6.45, 7) is 0. The number of phenolic OH excluding ortho intramolecular Hbond substituents is 1. The third-order valence-corrected chi connectivity index (χ3v) is 3.29. The predicted molar refractivity (Wildman–Crippen MR) is 85.1 cm³/mol. The standard InChI is InChI=1S/C18H15NO4/c1-2-12-3-7-14(8-4-12)17(21)19-16(18(22)23)11-13-5-9-15(20)10-6-13/h1,3-10,16,20H,11H2,(H,19,21)(H,22,23)/t16-/m0/s1. The number of terminal acetylenes is 1. The van der Waals surface area contributed by atoms with Gasteiger partial charge in [-0.2, -0.15) is 0 Å². The van der Waals surface area contributed by atoms with Crippen molar-refractivity contribution in [2.75, 3.05) is 0 Å². The summed E-state index contributed by atoms with van der Waals surface area (Å²) in [6.07, 6.45) is 5.36. The van der Waals surface area contributed by atoms with Crippen LogP contribution in [-0.2, 0) is 11.2 Å². The Morgan fingerprint density at radius 3 is 2.22 bits per heavy atom. The SMILES string of the molecule is C#Cc1ccc(C(=O)N[C@@H](Cc2ccc(O)cc2)C(=O)O)cc1. The highest BCUT2D eigenvalue weighted by molar-refractivity contribution is 5.96. The maximum Gasteiger partial charge on any atom is 0.326 e. The van der Waals surface area contributed by atoms with Crippen LogP contribution in [0.3, 0.4) is 0 Å². The highest BCUT2D eigenvalue weighted by Crippen LogP contribution is 2.12. The zero-order chi connectivity index (χ0) is 16.8. The molecule has 3 N–H and O–H groups in total. The lowest BCUT2D eigenvalue weighted by atomic mass is 10.0. The molecule has 0 radical (unpaired) electrons. The van der Waals surface area contributed by atoms with Crippen LogP contribution in [0.4, 0.5) is 0 Å². The average molecular weight is 309 g/mol. The highest BCUT2D eigenvalue weighted by Gasteiger charge is 2.21. The fourth-order valence-electron chi connectivity index (χ4n) is 2.03. The van der Waals surface area contributed by atoms with Crippen LogP contribution in [0.1, 0.15) is 21.5 Å². The van der Waals surface area contributed by atoms with Crippen molar-refractivity contribution in [3.8, 4) is 18.1 Å². The van der Waals surface area contributed by atoms with Gasteiger partial charge in [0, 0.05) is 17.5 Å². The van der Waals surface area contributed by atoms with Crippen molar-refractivity contribution in [1.29, 1.82) is 0 Å². The molecule has 0 heterocycles. The first-order valence-electron chi connectivity index (χ1n) is 6.88. The second-order valence-corrected chi connectivity index (χ2v) is 4.96. The van der Waals surface area contributed by atoms with E-state index in [0.717, 1.165) is 0 Å². The summed E-state index contributed by atoms with van der Waals surface area (Å²) in [6, 6.07) is 11.4. The van der Waals surface area contributed by atoms with Crippen molar-refractivity contribution in [3.05, 3.63) is 65.2 Å². The van der Waals surface area contributed by atoms with Gasteiger partial charge >= 0.3 is 5.97 Å².